The van der Waals surface area contributed by atoms with Gasteiger partial charge < -0.3 is 10.6 Å². The van der Waals surface area contributed by atoms with Gasteiger partial charge in [-0.05, 0) is 43.2 Å². The molecular formula is C22H23N5O2. The number of carbonyl (C=O) groups is 2. The molecular weight excluding hydrogens is 366 g/mol. The quantitative estimate of drug-likeness (QED) is 0.689. The van der Waals surface area contributed by atoms with Gasteiger partial charge in [-0.15, -0.1) is 0 Å². The molecule has 0 saturated heterocycles. The molecule has 2 amide bonds. The standard InChI is InChI=1S/C22H23N5O2/c28-21(16-5-2-1-3-6-16)25-18-8-4-7-17(13-18)22(29)26-19-9-10-20(24-14-19)27-12-11-23-15-27/h4,7-16H,1-3,5-6H2,(H,25,28)(H,26,29). The van der Waals surface area contributed by atoms with Crippen molar-refractivity contribution in [3.8, 4) is 5.82 Å². The van der Waals surface area contributed by atoms with Crippen LogP contribution in [0.3, 0.4) is 0 Å². The van der Waals surface area contributed by atoms with E-state index in [1.165, 1.54) is 6.42 Å². The lowest BCUT2D eigenvalue weighted by Crippen LogP contribution is -2.24. The number of aromatic nitrogens is 3. The van der Waals surface area contributed by atoms with Crippen LogP contribution in [0.15, 0.2) is 61.3 Å². The topological polar surface area (TPSA) is 88.9 Å². The van der Waals surface area contributed by atoms with Crippen LogP contribution in [0, 0.1) is 5.92 Å². The van der Waals surface area contributed by atoms with Crippen molar-refractivity contribution in [3.63, 3.8) is 0 Å². The maximum Gasteiger partial charge on any atom is 0.255 e. The Kier molecular flexibility index (Phi) is 5.65. The number of anilines is 2. The van der Waals surface area contributed by atoms with Crippen molar-refractivity contribution < 1.29 is 9.59 Å². The minimum atomic E-state index is -0.254. The molecule has 0 aliphatic heterocycles. The van der Waals surface area contributed by atoms with E-state index in [1.807, 2.05) is 0 Å². The second-order valence-electron chi connectivity index (χ2n) is 7.23. The van der Waals surface area contributed by atoms with Gasteiger partial charge in [-0.1, -0.05) is 25.3 Å². The van der Waals surface area contributed by atoms with E-state index < -0.39 is 0 Å². The van der Waals surface area contributed by atoms with Gasteiger partial charge in [0.15, 0.2) is 0 Å². The van der Waals surface area contributed by atoms with E-state index in [-0.39, 0.29) is 17.7 Å². The third-order valence-corrected chi connectivity index (χ3v) is 5.14. The monoisotopic (exact) mass is 389 g/mol. The predicted molar refractivity (Wildman–Crippen MR) is 111 cm³/mol. The van der Waals surface area contributed by atoms with Crippen LogP contribution in [-0.4, -0.2) is 26.3 Å². The average Bonchev–Trinajstić information content (AvgIpc) is 3.30. The number of benzene rings is 1. The van der Waals surface area contributed by atoms with Crippen LogP contribution >= 0.6 is 0 Å². The number of nitrogens with one attached hydrogen (secondary N) is 2. The smallest absolute Gasteiger partial charge is 0.255 e. The fraction of sp³-hybridized carbons (Fsp3) is 0.273. The zero-order valence-corrected chi connectivity index (χ0v) is 16.0. The number of carbonyl (C=O) groups excluding carboxylic acids is 2. The van der Waals surface area contributed by atoms with Gasteiger partial charge >= 0.3 is 0 Å². The van der Waals surface area contributed by atoms with Crippen molar-refractivity contribution in [1.82, 2.24) is 14.5 Å². The molecule has 0 atom stereocenters. The van der Waals surface area contributed by atoms with E-state index in [2.05, 4.69) is 20.6 Å². The van der Waals surface area contributed by atoms with Gasteiger partial charge in [0.25, 0.3) is 5.91 Å². The molecule has 1 aliphatic carbocycles. The second kappa shape index (κ2) is 8.68. The summed E-state index contributed by atoms with van der Waals surface area (Å²) >= 11 is 0. The molecule has 0 unspecified atom stereocenters. The summed E-state index contributed by atoms with van der Waals surface area (Å²) in [5, 5.41) is 5.79. The van der Waals surface area contributed by atoms with E-state index in [4.69, 9.17) is 0 Å². The Hall–Kier alpha value is -3.48. The Labute approximate surface area is 169 Å². The number of rotatable bonds is 5. The van der Waals surface area contributed by atoms with E-state index in [9.17, 15) is 9.59 Å². The number of nitrogens with zero attached hydrogens (tertiary/aromatic N) is 3. The fourth-order valence-corrected chi connectivity index (χ4v) is 3.56. The molecule has 148 valence electrons. The van der Waals surface area contributed by atoms with Crippen LogP contribution in [-0.2, 0) is 4.79 Å². The molecule has 0 bridgehead atoms. The molecule has 29 heavy (non-hydrogen) atoms. The second-order valence-corrected chi connectivity index (χ2v) is 7.23. The van der Waals surface area contributed by atoms with Crippen LogP contribution < -0.4 is 10.6 Å². The Morgan fingerprint density at radius 2 is 1.86 bits per heavy atom. The van der Waals surface area contributed by atoms with Gasteiger partial charge in [0.05, 0.1) is 11.9 Å². The van der Waals surface area contributed by atoms with Crippen molar-refractivity contribution in [2.45, 2.75) is 32.1 Å². The molecule has 2 N–H and O–H groups in total. The molecule has 2 aromatic heterocycles. The van der Waals surface area contributed by atoms with Crippen LogP contribution in [0.2, 0.25) is 0 Å². The van der Waals surface area contributed by atoms with Gasteiger partial charge in [0.1, 0.15) is 12.1 Å². The highest BCUT2D eigenvalue weighted by atomic mass is 16.2. The van der Waals surface area contributed by atoms with Gasteiger partial charge in [-0.2, -0.15) is 0 Å². The lowest BCUT2D eigenvalue weighted by molar-refractivity contribution is -0.120. The third-order valence-electron chi connectivity index (χ3n) is 5.14. The van der Waals surface area contributed by atoms with Gasteiger partial charge in [0.2, 0.25) is 5.91 Å². The first-order chi connectivity index (χ1) is 14.2. The Morgan fingerprint density at radius 3 is 2.59 bits per heavy atom. The number of pyridine rings is 1. The Balaban J connectivity index is 1.39. The summed E-state index contributed by atoms with van der Waals surface area (Å²) in [4.78, 5) is 33.4. The summed E-state index contributed by atoms with van der Waals surface area (Å²) in [6.45, 7) is 0. The maximum absolute atomic E-state index is 12.6. The molecule has 2 heterocycles. The first-order valence-electron chi connectivity index (χ1n) is 9.86. The summed E-state index contributed by atoms with van der Waals surface area (Å²) in [7, 11) is 0. The molecule has 1 saturated carbocycles. The van der Waals surface area contributed by atoms with Crippen LogP contribution in [0.5, 0.6) is 0 Å². The normalized spacial score (nSPS) is 14.3. The summed E-state index contributed by atoms with van der Waals surface area (Å²) < 4.78 is 1.78. The highest BCUT2D eigenvalue weighted by molar-refractivity contribution is 6.05. The van der Waals surface area contributed by atoms with Crippen molar-refractivity contribution in [2.75, 3.05) is 10.6 Å². The highest BCUT2D eigenvalue weighted by Crippen LogP contribution is 2.25. The third kappa shape index (κ3) is 4.68. The lowest BCUT2D eigenvalue weighted by atomic mass is 9.88. The molecule has 1 fully saturated rings. The van der Waals surface area contributed by atoms with Gasteiger partial charge in [-0.3, -0.25) is 14.2 Å². The van der Waals surface area contributed by atoms with Crippen LogP contribution in [0.4, 0.5) is 11.4 Å². The summed E-state index contributed by atoms with van der Waals surface area (Å²) in [6, 6.07) is 10.6. The average molecular weight is 389 g/mol. The van der Waals surface area contributed by atoms with Crippen molar-refractivity contribution in [2.24, 2.45) is 5.92 Å². The molecule has 0 spiro atoms. The molecule has 7 nitrogen and oxygen atoms in total. The minimum Gasteiger partial charge on any atom is -0.326 e. The molecule has 3 aromatic rings. The van der Waals surface area contributed by atoms with Crippen molar-refractivity contribution in [1.29, 1.82) is 0 Å². The molecule has 0 radical (unpaired) electrons. The SMILES string of the molecule is O=C(Nc1ccc(-n2ccnc2)nc1)c1cccc(NC(=O)C2CCCCC2)c1. The zero-order chi connectivity index (χ0) is 20.1. The number of imidazole rings is 1. The molecule has 1 aromatic carbocycles. The zero-order valence-electron chi connectivity index (χ0n) is 16.0. The summed E-state index contributed by atoms with van der Waals surface area (Å²) in [5.74, 6) is 0.576. The van der Waals surface area contributed by atoms with E-state index in [0.717, 1.165) is 25.7 Å². The summed E-state index contributed by atoms with van der Waals surface area (Å²) in [5.41, 5.74) is 1.71. The summed E-state index contributed by atoms with van der Waals surface area (Å²) in [6.07, 6.45) is 12.0. The van der Waals surface area contributed by atoms with Crippen LogP contribution in [0.25, 0.3) is 5.82 Å². The van der Waals surface area contributed by atoms with Gasteiger partial charge in [-0.25, -0.2) is 9.97 Å². The molecule has 4 rings (SSSR count). The highest BCUT2D eigenvalue weighted by Gasteiger charge is 2.21. The fourth-order valence-electron chi connectivity index (χ4n) is 3.56. The Bertz CT molecular complexity index is 977. The Morgan fingerprint density at radius 1 is 1.00 bits per heavy atom. The maximum atomic E-state index is 12.6. The largest absolute Gasteiger partial charge is 0.326 e. The lowest BCUT2D eigenvalue weighted by Gasteiger charge is -2.20. The number of amides is 2. The first kappa shape index (κ1) is 18.9. The van der Waals surface area contributed by atoms with Gasteiger partial charge in [0, 0.05) is 29.6 Å². The van der Waals surface area contributed by atoms with E-state index >= 15 is 0 Å². The van der Waals surface area contributed by atoms with Crippen molar-refractivity contribution >= 4 is 23.2 Å². The minimum absolute atomic E-state index is 0.0431. The number of hydrogen-bond acceptors (Lipinski definition) is 4. The molecule has 7 heteroatoms. The number of hydrogen-bond donors (Lipinski definition) is 2. The first-order valence-corrected chi connectivity index (χ1v) is 9.86. The molecule has 1 aliphatic rings. The van der Waals surface area contributed by atoms with Crippen molar-refractivity contribution in [3.05, 3.63) is 66.9 Å². The van der Waals surface area contributed by atoms with E-state index in [0.29, 0.717) is 22.8 Å². The van der Waals surface area contributed by atoms with Crippen LogP contribution in [0.1, 0.15) is 42.5 Å². The predicted octanol–water partition coefficient (Wildman–Crippen LogP) is 4.04. The van der Waals surface area contributed by atoms with E-state index in [1.54, 1.807) is 65.9 Å².